The fourth-order valence-electron chi connectivity index (χ4n) is 1.91. The maximum Gasteiger partial charge on any atom is 0.349 e. The third-order valence-corrected chi connectivity index (χ3v) is 2.81. The quantitative estimate of drug-likeness (QED) is 0.508. The molecule has 0 bridgehead atoms. The predicted molar refractivity (Wildman–Crippen MR) is 71.9 cm³/mol. The van der Waals surface area contributed by atoms with Crippen LogP contribution in [0.15, 0.2) is 12.1 Å². The molecule has 1 rings (SSSR count). The van der Waals surface area contributed by atoms with Crippen LogP contribution in [0.5, 0.6) is 0 Å². The van der Waals surface area contributed by atoms with Gasteiger partial charge < -0.3 is 5.02 Å². The Hall–Kier alpha value is -1.96. The molecule has 1 N–H and O–H groups in total. The van der Waals surface area contributed by atoms with Gasteiger partial charge in [-0.1, -0.05) is 39.7 Å². The average molecular weight is 266 g/mol. The first-order valence-electron chi connectivity index (χ1n) is 5.71. The molecule has 0 saturated heterocycles. The molecule has 8 heteroatoms. The van der Waals surface area contributed by atoms with Crippen molar-refractivity contribution < 1.29 is 14.9 Å². The van der Waals surface area contributed by atoms with E-state index in [1.165, 1.54) is 19.0 Å². The lowest BCUT2D eigenvalue weighted by Crippen LogP contribution is -2.31. The van der Waals surface area contributed by atoms with Crippen molar-refractivity contribution in [2.75, 3.05) is 0 Å². The van der Waals surface area contributed by atoms with Crippen molar-refractivity contribution in [2.24, 2.45) is 0 Å². The predicted octanol–water partition coefficient (Wildman–Crippen LogP) is 1.62. The van der Waals surface area contributed by atoms with E-state index in [4.69, 9.17) is 0 Å². The summed E-state index contributed by atoms with van der Waals surface area (Å²) in [6.07, 6.45) is 0. The van der Waals surface area contributed by atoms with Crippen molar-refractivity contribution in [2.45, 2.75) is 33.0 Å². The second kappa shape index (κ2) is 4.97. The fraction of sp³-hybridized carbons (Fsp3) is 0.455. The van der Waals surface area contributed by atoms with Crippen molar-refractivity contribution in [3.8, 4) is 0 Å². The molecule has 0 spiro atoms. The Bertz CT molecular complexity index is 537. The van der Waals surface area contributed by atoms with Gasteiger partial charge in [0.2, 0.25) is 0 Å². The van der Waals surface area contributed by atoms with E-state index in [1.807, 2.05) is 0 Å². The standard InChI is InChI=1S/C11H15BN2O5/c1-11(2,3)7-5-6-8(12(4)15)10(14(18)19)9(7)13(16)17/h5-6,15H,1-4H3. The van der Waals surface area contributed by atoms with Crippen LogP contribution in [0.3, 0.4) is 0 Å². The monoisotopic (exact) mass is 266 g/mol. The molecule has 0 radical (unpaired) electrons. The van der Waals surface area contributed by atoms with Crippen molar-refractivity contribution in [3.63, 3.8) is 0 Å². The van der Waals surface area contributed by atoms with E-state index in [0.717, 1.165) is 0 Å². The lowest BCUT2D eigenvalue weighted by Gasteiger charge is -2.19. The van der Waals surface area contributed by atoms with Crippen LogP contribution in [-0.2, 0) is 5.41 Å². The first kappa shape index (κ1) is 15.1. The van der Waals surface area contributed by atoms with Gasteiger partial charge in [-0.25, -0.2) is 0 Å². The van der Waals surface area contributed by atoms with E-state index >= 15 is 0 Å². The van der Waals surface area contributed by atoms with Gasteiger partial charge in [-0.05, 0) is 5.41 Å². The van der Waals surface area contributed by atoms with Crippen molar-refractivity contribution in [1.82, 2.24) is 0 Å². The summed E-state index contributed by atoms with van der Waals surface area (Å²) in [7, 11) is 0. The third-order valence-electron chi connectivity index (χ3n) is 2.81. The van der Waals surface area contributed by atoms with Crippen LogP contribution in [0, 0.1) is 20.2 Å². The van der Waals surface area contributed by atoms with Gasteiger partial charge in [0.1, 0.15) is 0 Å². The first-order chi connectivity index (χ1) is 8.57. The minimum atomic E-state index is -1.15. The topological polar surface area (TPSA) is 107 Å². The molecule has 0 aliphatic carbocycles. The van der Waals surface area contributed by atoms with E-state index < -0.39 is 33.6 Å². The molecule has 0 heterocycles. The average Bonchev–Trinajstić information content (AvgIpc) is 2.25. The van der Waals surface area contributed by atoms with Gasteiger partial charge in [0.15, 0.2) is 0 Å². The Balaban J connectivity index is 3.79. The molecule has 0 atom stereocenters. The summed E-state index contributed by atoms with van der Waals surface area (Å²) >= 11 is 0. The minimum Gasteiger partial charge on any atom is -0.446 e. The molecule has 0 unspecified atom stereocenters. The maximum absolute atomic E-state index is 11.2. The molecule has 19 heavy (non-hydrogen) atoms. The molecule has 0 saturated carbocycles. The highest BCUT2D eigenvalue weighted by Gasteiger charge is 2.38. The Kier molecular flexibility index (Phi) is 3.95. The van der Waals surface area contributed by atoms with E-state index in [-0.39, 0.29) is 11.0 Å². The Morgan fingerprint density at radius 1 is 1.11 bits per heavy atom. The molecule has 0 aliphatic heterocycles. The van der Waals surface area contributed by atoms with Crippen LogP contribution in [0.2, 0.25) is 6.82 Å². The molecule has 0 fully saturated rings. The lowest BCUT2D eigenvalue weighted by molar-refractivity contribution is -0.422. The highest BCUT2D eigenvalue weighted by atomic mass is 16.6. The van der Waals surface area contributed by atoms with Crippen LogP contribution in [-0.4, -0.2) is 21.8 Å². The molecular formula is C11H15BN2O5. The number of nitro benzene ring substituents is 2. The zero-order chi connectivity index (χ0) is 15.0. The SMILES string of the molecule is CB(O)c1ccc(C(C)(C)C)c([N+](=O)[O-])c1[N+](=O)[O-]. The molecule has 7 nitrogen and oxygen atoms in total. The Labute approximate surface area is 110 Å². The molecule has 0 aromatic heterocycles. The van der Waals surface area contributed by atoms with Gasteiger partial charge in [0.05, 0.1) is 9.85 Å². The Morgan fingerprint density at radius 3 is 1.89 bits per heavy atom. The molecule has 102 valence electrons. The minimum absolute atomic E-state index is 0.0512. The number of benzene rings is 1. The largest absolute Gasteiger partial charge is 0.446 e. The third kappa shape index (κ3) is 2.90. The fourth-order valence-corrected chi connectivity index (χ4v) is 1.91. The van der Waals surface area contributed by atoms with Gasteiger partial charge in [-0.2, -0.15) is 0 Å². The van der Waals surface area contributed by atoms with Crippen LogP contribution >= 0.6 is 0 Å². The summed E-state index contributed by atoms with van der Waals surface area (Å²) in [4.78, 5) is 20.7. The number of rotatable bonds is 3. The van der Waals surface area contributed by atoms with Crippen LogP contribution in [0.25, 0.3) is 0 Å². The number of hydrogen-bond acceptors (Lipinski definition) is 5. The zero-order valence-electron chi connectivity index (χ0n) is 11.2. The number of nitro groups is 2. The maximum atomic E-state index is 11.2. The Morgan fingerprint density at radius 2 is 1.58 bits per heavy atom. The van der Waals surface area contributed by atoms with E-state index in [0.29, 0.717) is 0 Å². The molecule has 1 aromatic rings. The second-order valence-corrected chi connectivity index (χ2v) is 5.34. The van der Waals surface area contributed by atoms with E-state index in [1.54, 1.807) is 20.8 Å². The number of hydrogen-bond donors (Lipinski definition) is 1. The van der Waals surface area contributed by atoms with Gasteiger partial charge in [0.25, 0.3) is 0 Å². The van der Waals surface area contributed by atoms with Crippen LogP contribution in [0.1, 0.15) is 26.3 Å². The summed E-state index contributed by atoms with van der Waals surface area (Å²) in [6, 6.07) is 2.84. The summed E-state index contributed by atoms with van der Waals surface area (Å²) in [5, 5.41) is 31.8. The first-order valence-corrected chi connectivity index (χ1v) is 5.71. The zero-order valence-corrected chi connectivity index (χ0v) is 11.2. The summed E-state index contributed by atoms with van der Waals surface area (Å²) in [6.45, 7) is 5.40. The highest BCUT2D eigenvalue weighted by molar-refractivity contribution is 6.66. The smallest absolute Gasteiger partial charge is 0.349 e. The summed E-state index contributed by atoms with van der Waals surface area (Å²) in [5.74, 6) is 0. The normalized spacial score (nSPS) is 11.2. The van der Waals surface area contributed by atoms with Gasteiger partial charge in [-0.15, -0.1) is 0 Å². The lowest BCUT2D eigenvalue weighted by atomic mass is 9.62. The molecule has 0 aliphatic rings. The van der Waals surface area contributed by atoms with Crippen molar-refractivity contribution in [3.05, 3.63) is 37.9 Å². The van der Waals surface area contributed by atoms with Crippen molar-refractivity contribution in [1.29, 1.82) is 0 Å². The molecule has 0 amide bonds. The van der Waals surface area contributed by atoms with Gasteiger partial charge in [0, 0.05) is 11.0 Å². The van der Waals surface area contributed by atoms with Crippen LogP contribution < -0.4 is 5.46 Å². The number of nitrogens with zero attached hydrogens (tertiary/aromatic N) is 2. The summed E-state index contributed by atoms with van der Waals surface area (Å²) in [5.41, 5.74) is -1.56. The van der Waals surface area contributed by atoms with Crippen molar-refractivity contribution >= 4 is 23.8 Å². The van der Waals surface area contributed by atoms with Gasteiger partial charge in [-0.3, -0.25) is 20.2 Å². The highest BCUT2D eigenvalue weighted by Crippen LogP contribution is 2.36. The van der Waals surface area contributed by atoms with E-state index in [9.17, 15) is 25.3 Å². The molecular weight excluding hydrogens is 251 g/mol. The van der Waals surface area contributed by atoms with Gasteiger partial charge >= 0.3 is 18.3 Å². The van der Waals surface area contributed by atoms with E-state index in [2.05, 4.69) is 0 Å². The van der Waals surface area contributed by atoms with Crippen LogP contribution in [0.4, 0.5) is 11.4 Å². The molecule has 1 aromatic carbocycles. The summed E-state index contributed by atoms with van der Waals surface area (Å²) < 4.78 is 0. The second-order valence-electron chi connectivity index (χ2n) is 5.34.